The van der Waals surface area contributed by atoms with Crippen LogP contribution in [0.3, 0.4) is 0 Å². The standard InChI is InChI=1S/C13H10BrN3O/c1-18-11-2-3-12(14)13(7-11)17-9-4-5-16-10(6-9)8-15/h2-7H,1H3,(H,16,17). The van der Waals surface area contributed by atoms with E-state index in [-0.39, 0.29) is 0 Å². The van der Waals surface area contributed by atoms with Crippen molar-refractivity contribution in [1.29, 1.82) is 5.26 Å². The largest absolute Gasteiger partial charge is 0.497 e. The van der Waals surface area contributed by atoms with Crippen molar-refractivity contribution in [2.75, 3.05) is 12.4 Å². The Morgan fingerprint density at radius 2 is 2.17 bits per heavy atom. The van der Waals surface area contributed by atoms with Crippen LogP contribution in [0.25, 0.3) is 0 Å². The zero-order chi connectivity index (χ0) is 13.0. The van der Waals surface area contributed by atoms with Gasteiger partial charge in [0.05, 0.1) is 12.8 Å². The molecule has 0 bridgehead atoms. The molecule has 1 N–H and O–H groups in total. The summed E-state index contributed by atoms with van der Waals surface area (Å²) in [6.07, 6.45) is 1.59. The van der Waals surface area contributed by atoms with E-state index in [9.17, 15) is 0 Å². The second kappa shape index (κ2) is 5.52. The molecule has 0 aliphatic heterocycles. The molecule has 0 spiro atoms. The van der Waals surface area contributed by atoms with Gasteiger partial charge >= 0.3 is 0 Å². The molecule has 0 amide bonds. The van der Waals surface area contributed by atoms with Crippen molar-refractivity contribution < 1.29 is 4.74 Å². The van der Waals surface area contributed by atoms with Gasteiger partial charge in [-0.15, -0.1) is 0 Å². The number of rotatable bonds is 3. The number of halogens is 1. The van der Waals surface area contributed by atoms with E-state index < -0.39 is 0 Å². The van der Waals surface area contributed by atoms with Gasteiger partial charge in [0.15, 0.2) is 0 Å². The molecule has 1 aromatic heterocycles. The lowest BCUT2D eigenvalue weighted by Gasteiger charge is -2.10. The van der Waals surface area contributed by atoms with E-state index >= 15 is 0 Å². The van der Waals surface area contributed by atoms with Gasteiger partial charge in [-0.05, 0) is 40.2 Å². The Bertz CT molecular complexity index is 607. The number of pyridine rings is 1. The lowest BCUT2D eigenvalue weighted by molar-refractivity contribution is 0.415. The Labute approximate surface area is 113 Å². The van der Waals surface area contributed by atoms with Crippen LogP contribution in [0.4, 0.5) is 11.4 Å². The highest BCUT2D eigenvalue weighted by atomic mass is 79.9. The van der Waals surface area contributed by atoms with Gasteiger partial charge in [-0.1, -0.05) is 0 Å². The molecular weight excluding hydrogens is 294 g/mol. The molecule has 0 unspecified atom stereocenters. The lowest BCUT2D eigenvalue weighted by Crippen LogP contribution is -1.94. The molecule has 0 saturated heterocycles. The number of methoxy groups -OCH3 is 1. The SMILES string of the molecule is COc1ccc(Br)c(Nc2ccnc(C#N)c2)c1. The van der Waals surface area contributed by atoms with Crippen LogP contribution in [-0.4, -0.2) is 12.1 Å². The zero-order valence-electron chi connectivity index (χ0n) is 9.64. The second-order valence-corrected chi connectivity index (χ2v) is 4.37. The van der Waals surface area contributed by atoms with E-state index in [1.54, 1.807) is 25.4 Å². The quantitative estimate of drug-likeness (QED) is 0.943. The van der Waals surface area contributed by atoms with Crippen molar-refractivity contribution in [3.05, 3.63) is 46.7 Å². The fraction of sp³-hybridized carbons (Fsp3) is 0.0769. The Morgan fingerprint density at radius 3 is 2.89 bits per heavy atom. The van der Waals surface area contributed by atoms with Gasteiger partial charge in [-0.2, -0.15) is 5.26 Å². The third kappa shape index (κ3) is 2.79. The van der Waals surface area contributed by atoms with Crippen LogP contribution in [0.2, 0.25) is 0 Å². The number of nitrogens with zero attached hydrogens (tertiary/aromatic N) is 2. The normalized spacial score (nSPS) is 9.61. The average Bonchev–Trinajstić information content (AvgIpc) is 2.41. The summed E-state index contributed by atoms with van der Waals surface area (Å²) in [4.78, 5) is 3.92. The summed E-state index contributed by atoms with van der Waals surface area (Å²) in [5.41, 5.74) is 2.04. The monoisotopic (exact) mass is 303 g/mol. The molecular formula is C13H10BrN3O. The molecule has 5 heteroatoms. The Hall–Kier alpha value is -2.06. The number of benzene rings is 1. The molecule has 18 heavy (non-hydrogen) atoms. The molecule has 90 valence electrons. The number of anilines is 2. The number of nitriles is 1. The van der Waals surface area contributed by atoms with E-state index in [1.165, 1.54) is 0 Å². The summed E-state index contributed by atoms with van der Waals surface area (Å²) in [5, 5.41) is 12.0. The molecule has 0 aliphatic carbocycles. The van der Waals surface area contributed by atoms with Crippen molar-refractivity contribution >= 4 is 27.3 Å². The maximum Gasteiger partial charge on any atom is 0.142 e. The topological polar surface area (TPSA) is 57.9 Å². The lowest BCUT2D eigenvalue weighted by atomic mass is 10.2. The van der Waals surface area contributed by atoms with Crippen LogP contribution >= 0.6 is 15.9 Å². The molecule has 0 radical (unpaired) electrons. The minimum atomic E-state index is 0.374. The molecule has 2 rings (SSSR count). The maximum absolute atomic E-state index is 8.80. The van der Waals surface area contributed by atoms with Gasteiger partial charge in [-0.25, -0.2) is 4.98 Å². The fourth-order valence-corrected chi connectivity index (χ4v) is 1.80. The highest BCUT2D eigenvalue weighted by Crippen LogP contribution is 2.29. The van der Waals surface area contributed by atoms with Crippen LogP contribution in [-0.2, 0) is 0 Å². The summed E-state index contributed by atoms with van der Waals surface area (Å²) >= 11 is 3.45. The first-order valence-corrected chi connectivity index (χ1v) is 5.99. The highest BCUT2D eigenvalue weighted by Gasteiger charge is 2.03. The maximum atomic E-state index is 8.80. The Kier molecular flexibility index (Phi) is 3.80. The Balaban J connectivity index is 2.30. The molecule has 4 nitrogen and oxygen atoms in total. The predicted molar refractivity (Wildman–Crippen MR) is 72.9 cm³/mol. The molecule has 1 heterocycles. The molecule has 2 aromatic rings. The first-order chi connectivity index (χ1) is 8.72. The summed E-state index contributed by atoms with van der Waals surface area (Å²) in [6, 6.07) is 11.1. The van der Waals surface area contributed by atoms with Gasteiger partial charge in [-0.3, -0.25) is 0 Å². The molecule has 1 aromatic carbocycles. The molecule has 0 atom stereocenters. The van der Waals surface area contributed by atoms with Crippen LogP contribution in [0, 0.1) is 11.3 Å². The number of hydrogen-bond donors (Lipinski definition) is 1. The first-order valence-electron chi connectivity index (χ1n) is 5.19. The van der Waals surface area contributed by atoms with Gasteiger partial charge in [0, 0.05) is 22.4 Å². The molecule has 0 saturated carbocycles. The summed E-state index contributed by atoms with van der Waals surface area (Å²) in [7, 11) is 1.62. The third-order valence-corrected chi connectivity index (χ3v) is 3.02. The van der Waals surface area contributed by atoms with E-state index in [1.807, 2.05) is 24.3 Å². The number of hydrogen-bond acceptors (Lipinski definition) is 4. The van der Waals surface area contributed by atoms with E-state index in [4.69, 9.17) is 10.00 Å². The number of ether oxygens (including phenoxy) is 1. The van der Waals surface area contributed by atoms with Crippen LogP contribution in [0.1, 0.15) is 5.69 Å². The smallest absolute Gasteiger partial charge is 0.142 e. The first kappa shape index (κ1) is 12.4. The van der Waals surface area contributed by atoms with Crippen molar-refractivity contribution in [2.24, 2.45) is 0 Å². The minimum absolute atomic E-state index is 0.374. The van der Waals surface area contributed by atoms with Gasteiger partial charge in [0.25, 0.3) is 0 Å². The summed E-state index contributed by atoms with van der Waals surface area (Å²) < 4.78 is 6.08. The van der Waals surface area contributed by atoms with E-state index in [2.05, 4.69) is 26.2 Å². The van der Waals surface area contributed by atoms with Crippen LogP contribution in [0.5, 0.6) is 5.75 Å². The van der Waals surface area contributed by atoms with Crippen LogP contribution in [0.15, 0.2) is 41.0 Å². The Morgan fingerprint density at radius 1 is 1.33 bits per heavy atom. The van der Waals surface area contributed by atoms with E-state index in [0.717, 1.165) is 21.6 Å². The number of nitrogens with one attached hydrogen (secondary N) is 1. The average molecular weight is 304 g/mol. The van der Waals surface area contributed by atoms with Crippen molar-refractivity contribution in [2.45, 2.75) is 0 Å². The highest BCUT2D eigenvalue weighted by molar-refractivity contribution is 9.10. The number of aromatic nitrogens is 1. The second-order valence-electron chi connectivity index (χ2n) is 3.51. The van der Waals surface area contributed by atoms with Crippen molar-refractivity contribution in [3.8, 4) is 11.8 Å². The fourth-order valence-electron chi connectivity index (χ4n) is 1.45. The zero-order valence-corrected chi connectivity index (χ0v) is 11.2. The van der Waals surface area contributed by atoms with Crippen molar-refractivity contribution in [3.63, 3.8) is 0 Å². The van der Waals surface area contributed by atoms with Crippen molar-refractivity contribution in [1.82, 2.24) is 4.98 Å². The van der Waals surface area contributed by atoms with Gasteiger partial charge in [0.2, 0.25) is 0 Å². The van der Waals surface area contributed by atoms with Gasteiger partial charge in [0.1, 0.15) is 17.5 Å². The predicted octanol–water partition coefficient (Wildman–Crippen LogP) is 3.47. The summed E-state index contributed by atoms with van der Waals surface area (Å²) in [6.45, 7) is 0. The summed E-state index contributed by atoms with van der Waals surface area (Å²) in [5.74, 6) is 0.760. The van der Waals surface area contributed by atoms with Crippen LogP contribution < -0.4 is 10.1 Å². The van der Waals surface area contributed by atoms with Gasteiger partial charge < -0.3 is 10.1 Å². The van der Waals surface area contributed by atoms with E-state index in [0.29, 0.717) is 5.69 Å². The molecule has 0 fully saturated rings. The third-order valence-electron chi connectivity index (χ3n) is 2.33. The molecule has 0 aliphatic rings. The minimum Gasteiger partial charge on any atom is -0.497 e.